The van der Waals surface area contributed by atoms with Crippen LogP contribution in [0.4, 0.5) is 0 Å². The van der Waals surface area contributed by atoms with E-state index in [2.05, 4.69) is 35.3 Å². The van der Waals surface area contributed by atoms with Gasteiger partial charge in [-0.2, -0.15) is 0 Å². The van der Waals surface area contributed by atoms with Crippen molar-refractivity contribution in [3.8, 4) is 0 Å². The Kier molecular flexibility index (Phi) is 8.24. The summed E-state index contributed by atoms with van der Waals surface area (Å²) in [4.78, 5) is 25.9. The Morgan fingerprint density at radius 1 is 1.20 bits per heavy atom. The lowest BCUT2D eigenvalue weighted by Crippen LogP contribution is -2.25. The number of carbonyl (C=O) groups is 2. The molecule has 1 saturated carbocycles. The van der Waals surface area contributed by atoms with E-state index in [-0.39, 0.29) is 5.48 Å². The molecule has 0 radical (unpaired) electrons. The second-order valence-electron chi connectivity index (χ2n) is 6.48. The van der Waals surface area contributed by atoms with Gasteiger partial charge in [0.1, 0.15) is 0 Å². The lowest BCUT2D eigenvalue weighted by molar-refractivity contribution is -0.134. The highest BCUT2D eigenvalue weighted by molar-refractivity contribution is 5.89. The van der Waals surface area contributed by atoms with Crippen LogP contribution >= 0.6 is 0 Å². The first-order valence-electron chi connectivity index (χ1n) is 8.19. The maximum absolute atomic E-state index is 9.55. The smallest absolute Gasteiger partial charge is 0.328 e. The van der Waals surface area contributed by atoms with Crippen LogP contribution in [0.2, 0.25) is 0 Å². The number of likely N-dealkylation sites (tertiary alicyclic amines) is 1. The van der Waals surface area contributed by atoms with E-state index >= 15 is 0 Å². The summed E-state index contributed by atoms with van der Waals surface area (Å²) in [5, 5.41) is 15.6. The molecule has 2 fully saturated rings. The van der Waals surface area contributed by atoms with Crippen LogP contribution in [0.15, 0.2) is 36.7 Å². The Balaban J connectivity index is 0.000000301. The van der Waals surface area contributed by atoms with Crippen LogP contribution in [0.1, 0.15) is 30.7 Å². The van der Waals surface area contributed by atoms with E-state index in [9.17, 15) is 9.59 Å². The van der Waals surface area contributed by atoms with E-state index < -0.39 is 11.9 Å². The maximum atomic E-state index is 9.55. The first-order valence-corrected chi connectivity index (χ1v) is 8.19. The SMILES string of the molecule is CN1C[C@@H]2CCC[C@H](c3cccnc3)[C@@H]2C1.O.O=C(O)/C=C/C(=O)O. The van der Waals surface area contributed by atoms with Crippen LogP contribution in [0.25, 0.3) is 0 Å². The van der Waals surface area contributed by atoms with Crippen LogP contribution in [0, 0.1) is 11.8 Å². The third-order valence-corrected chi connectivity index (χ3v) is 4.76. The van der Waals surface area contributed by atoms with E-state index in [0.29, 0.717) is 12.2 Å². The van der Waals surface area contributed by atoms with Gasteiger partial charge in [-0.3, -0.25) is 4.98 Å². The molecule has 0 spiro atoms. The van der Waals surface area contributed by atoms with Crippen molar-refractivity contribution in [3.05, 3.63) is 42.2 Å². The molecule has 4 N–H and O–H groups in total. The van der Waals surface area contributed by atoms with Crippen molar-refractivity contribution in [2.45, 2.75) is 25.2 Å². The van der Waals surface area contributed by atoms with E-state index in [0.717, 1.165) is 17.8 Å². The van der Waals surface area contributed by atoms with Crippen molar-refractivity contribution in [2.24, 2.45) is 11.8 Å². The molecule has 1 aliphatic carbocycles. The van der Waals surface area contributed by atoms with Gasteiger partial charge >= 0.3 is 11.9 Å². The number of fused-ring (bicyclic) bond motifs is 1. The summed E-state index contributed by atoms with van der Waals surface area (Å²) in [7, 11) is 2.26. The number of aromatic nitrogens is 1. The normalized spacial score (nSPS) is 25.4. The van der Waals surface area contributed by atoms with Crippen molar-refractivity contribution in [1.29, 1.82) is 0 Å². The van der Waals surface area contributed by atoms with Crippen LogP contribution in [-0.4, -0.2) is 57.6 Å². The minimum atomic E-state index is -1.26. The van der Waals surface area contributed by atoms with E-state index in [4.69, 9.17) is 10.2 Å². The summed E-state index contributed by atoms with van der Waals surface area (Å²) in [6, 6.07) is 4.34. The lowest BCUT2D eigenvalue weighted by atomic mass is 9.71. The van der Waals surface area contributed by atoms with Gasteiger partial charge in [-0.15, -0.1) is 0 Å². The Morgan fingerprint density at radius 3 is 2.44 bits per heavy atom. The van der Waals surface area contributed by atoms with Crippen molar-refractivity contribution in [2.75, 3.05) is 20.1 Å². The zero-order chi connectivity index (χ0) is 17.5. The van der Waals surface area contributed by atoms with Crippen LogP contribution < -0.4 is 0 Å². The van der Waals surface area contributed by atoms with E-state index in [1.165, 1.54) is 37.9 Å². The Hall–Kier alpha value is -2.25. The number of aliphatic carboxylic acids is 2. The molecule has 1 aromatic rings. The predicted octanol–water partition coefficient (Wildman–Crippen LogP) is 1.41. The molecule has 1 aromatic heterocycles. The summed E-state index contributed by atoms with van der Waals surface area (Å²) in [6.45, 7) is 2.59. The van der Waals surface area contributed by atoms with Crippen LogP contribution in [-0.2, 0) is 9.59 Å². The molecule has 0 aromatic carbocycles. The molecule has 25 heavy (non-hydrogen) atoms. The van der Waals surface area contributed by atoms with E-state index in [1.54, 1.807) is 0 Å². The molecular formula is C18H26N2O5. The van der Waals surface area contributed by atoms with Gasteiger partial charge in [0.2, 0.25) is 0 Å². The van der Waals surface area contributed by atoms with Crippen molar-refractivity contribution in [1.82, 2.24) is 9.88 Å². The molecular weight excluding hydrogens is 324 g/mol. The van der Waals surface area contributed by atoms with Gasteiger partial charge in [0, 0.05) is 37.6 Å². The molecule has 3 atom stereocenters. The minimum absolute atomic E-state index is 0. The van der Waals surface area contributed by atoms with Gasteiger partial charge in [0.15, 0.2) is 0 Å². The highest BCUT2D eigenvalue weighted by Crippen LogP contribution is 2.44. The molecule has 1 aliphatic heterocycles. The molecule has 3 rings (SSSR count). The summed E-state index contributed by atoms with van der Waals surface area (Å²) in [6.07, 6.45) is 9.27. The number of hydrogen-bond acceptors (Lipinski definition) is 4. The molecule has 2 heterocycles. The number of nitrogens with zero attached hydrogens (tertiary/aromatic N) is 2. The van der Waals surface area contributed by atoms with Gasteiger partial charge in [-0.05, 0) is 49.3 Å². The van der Waals surface area contributed by atoms with Crippen molar-refractivity contribution >= 4 is 11.9 Å². The summed E-state index contributed by atoms with van der Waals surface area (Å²) < 4.78 is 0. The fourth-order valence-corrected chi connectivity index (χ4v) is 3.85. The minimum Gasteiger partial charge on any atom is -0.478 e. The van der Waals surface area contributed by atoms with Crippen molar-refractivity contribution in [3.63, 3.8) is 0 Å². The fourth-order valence-electron chi connectivity index (χ4n) is 3.85. The van der Waals surface area contributed by atoms with Gasteiger partial charge in [0.25, 0.3) is 0 Å². The topological polar surface area (TPSA) is 122 Å². The Morgan fingerprint density at radius 2 is 1.88 bits per heavy atom. The Labute approximate surface area is 147 Å². The van der Waals surface area contributed by atoms with Crippen LogP contribution in [0.5, 0.6) is 0 Å². The summed E-state index contributed by atoms with van der Waals surface area (Å²) >= 11 is 0. The summed E-state index contributed by atoms with van der Waals surface area (Å²) in [5.74, 6) is 0.0594. The molecule has 0 bridgehead atoms. The predicted molar refractivity (Wildman–Crippen MR) is 93.3 cm³/mol. The number of carboxylic acid groups (broad SMARTS) is 2. The molecule has 7 heteroatoms. The van der Waals surface area contributed by atoms with Gasteiger partial charge in [-0.1, -0.05) is 12.5 Å². The molecule has 7 nitrogen and oxygen atoms in total. The molecule has 0 unspecified atom stereocenters. The first-order chi connectivity index (χ1) is 11.5. The highest BCUT2D eigenvalue weighted by atomic mass is 16.4. The maximum Gasteiger partial charge on any atom is 0.328 e. The standard InChI is InChI=1S/C14H20N2.C4H4O4.H2O/c1-16-9-12-4-2-6-13(14(12)10-16)11-5-3-7-15-8-11;5-3(6)1-2-4(7)8;/h3,5,7-8,12-14H,2,4,6,9-10H2,1H3;1-2H,(H,5,6)(H,7,8);1H2/b;2-1+;/t12-,13+,14+;;/m0../s1. The monoisotopic (exact) mass is 350 g/mol. The van der Waals surface area contributed by atoms with E-state index in [1.807, 2.05) is 6.20 Å². The van der Waals surface area contributed by atoms with Gasteiger partial charge in [-0.25, -0.2) is 9.59 Å². The van der Waals surface area contributed by atoms with Gasteiger partial charge in [0.05, 0.1) is 0 Å². The first kappa shape index (κ1) is 20.8. The third-order valence-electron chi connectivity index (χ3n) is 4.76. The zero-order valence-electron chi connectivity index (χ0n) is 14.3. The zero-order valence-corrected chi connectivity index (χ0v) is 14.3. The quantitative estimate of drug-likeness (QED) is 0.795. The largest absolute Gasteiger partial charge is 0.478 e. The number of hydrogen-bond donors (Lipinski definition) is 2. The van der Waals surface area contributed by atoms with Crippen molar-refractivity contribution < 1.29 is 25.3 Å². The lowest BCUT2D eigenvalue weighted by Gasteiger charge is -2.33. The molecule has 2 aliphatic rings. The number of rotatable bonds is 3. The summed E-state index contributed by atoms with van der Waals surface area (Å²) in [5.41, 5.74) is 1.47. The fraction of sp³-hybridized carbons (Fsp3) is 0.500. The second-order valence-corrected chi connectivity index (χ2v) is 6.48. The average Bonchev–Trinajstić information content (AvgIpc) is 2.94. The van der Waals surface area contributed by atoms with Crippen LogP contribution in [0.3, 0.4) is 0 Å². The number of pyridine rings is 1. The second kappa shape index (κ2) is 9.90. The third kappa shape index (κ3) is 6.28. The molecule has 0 amide bonds. The molecule has 1 saturated heterocycles. The number of carboxylic acids is 2. The van der Waals surface area contributed by atoms with Gasteiger partial charge < -0.3 is 20.6 Å². The molecule has 138 valence electrons. The Bertz CT molecular complexity index is 574. The highest BCUT2D eigenvalue weighted by Gasteiger charge is 2.39. The average molecular weight is 350 g/mol.